The number of anilines is 1. The summed E-state index contributed by atoms with van der Waals surface area (Å²) in [7, 11) is 1.67. The number of carbonyl (C=O) groups excluding carboxylic acids is 1. The summed E-state index contributed by atoms with van der Waals surface area (Å²) in [5.74, 6) is -0.206. The van der Waals surface area contributed by atoms with Crippen LogP contribution >= 0.6 is 35.4 Å². The first kappa shape index (κ1) is 15.8. The van der Waals surface area contributed by atoms with Gasteiger partial charge in [0.1, 0.15) is 4.99 Å². The highest BCUT2D eigenvalue weighted by Crippen LogP contribution is 2.22. The van der Waals surface area contributed by atoms with Gasteiger partial charge in [0.15, 0.2) is 0 Å². The van der Waals surface area contributed by atoms with Gasteiger partial charge in [-0.05, 0) is 42.5 Å². The molecule has 0 saturated heterocycles. The maximum Gasteiger partial charge on any atom is 0.258 e. The highest BCUT2D eigenvalue weighted by atomic mass is 35.5. The SMILES string of the molecule is CN(C(=O)c1cc(Cl)cc(Cl)c1)c1ccc(C(N)=S)cc1. The van der Waals surface area contributed by atoms with Crippen LogP contribution in [0.3, 0.4) is 0 Å². The molecule has 0 spiro atoms. The number of nitrogens with zero attached hydrogens (tertiary/aromatic N) is 1. The van der Waals surface area contributed by atoms with Crippen molar-refractivity contribution >= 4 is 52.0 Å². The Bertz CT molecular complexity index is 681. The van der Waals surface area contributed by atoms with Gasteiger partial charge in [-0.2, -0.15) is 0 Å². The summed E-state index contributed by atoms with van der Waals surface area (Å²) >= 11 is 16.7. The van der Waals surface area contributed by atoms with Crippen molar-refractivity contribution in [2.45, 2.75) is 0 Å². The third-order valence-electron chi connectivity index (χ3n) is 2.95. The largest absolute Gasteiger partial charge is 0.389 e. The Morgan fingerprint density at radius 3 is 2.05 bits per heavy atom. The lowest BCUT2D eigenvalue weighted by Gasteiger charge is -2.18. The zero-order valence-corrected chi connectivity index (χ0v) is 13.5. The van der Waals surface area contributed by atoms with Crippen LogP contribution in [0.1, 0.15) is 15.9 Å². The zero-order valence-electron chi connectivity index (χ0n) is 11.1. The molecule has 0 aliphatic carbocycles. The van der Waals surface area contributed by atoms with Crippen LogP contribution in [0.4, 0.5) is 5.69 Å². The van der Waals surface area contributed by atoms with E-state index in [9.17, 15) is 4.79 Å². The molecule has 2 N–H and O–H groups in total. The molecule has 1 amide bonds. The van der Waals surface area contributed by atoms with Gasteiger partial charge in [0, 0.05) is 33.9 Å². The van der Waals surface area contributed by atoms with Crippen molar-refractivity contribution in [3.8, 4) is 0 Å². The molecule has 108 valence electrons. The van der Waals surface area contributed by atoms with Crippen molar-refractivity contribution in [2.24, 2.45) is 5.73 Å². The van der Waals surface area contributed by atoms with Crippen molar-refractivity contribution in [3.63, 3.8) is 0 Å². The Hall–Kier alpha value is -1.62. The molecule has 0 radical (unpaired) electrons. The van der Waals surface area contributed by atoms with Gasteiger partial charge in [-0.15, -0.1) is 0 Å². The Kier molecular flexibility index (Phi) is 4.83. The van der Waals surface area contributed by atoms with Crippen molar-refractivity contribution < 1.29 is 4.79 Å². The molecule has 0 aliphatic rings. The van der Waals surface area contributed by atoms with E-state index in [1.165, 1.54) is 4.90 Å². The van der Waals surface area contributed by atoms with E-state index >= 15 is 0 Å². The molecule has 2 aromatic carbocycles. The van der Waals surface area contributed by atoms with Gasteiger partial charge in [0.25, 0.3) is 5.91 Å². The predicted octanol–water partition coefficient (Wildman–Crippen LogP) is 3.90. The van der Waals surface area contributed by atoms with E-state index in [-0.39, 0.29) is 5.91 Å². The third kappa shape index (κ3) is 3.73. The van der Waals surface area contributed by atoms with E-state index in [0.717, 1.165) is 11.3 Å². The lowest BCUT2D eigenvalue weighted by molar-refractivity contribution is 0.0993. The van der Waals surface area contributed by atoms with Crippen LogP contribution in [0, 0.1) is 0 Å². The highest BCUT2D eigenvalue weighted by Gasteiger charge is 2.15. The van der Waals surface area contributed by atoms with Crippen LogP contribution in [0.25, 0.3) is 0 Å². The van der Waals surface area contributed by atoms with Gasteiger partial charge < -0.3 is 10.6 Å². The van der Waals surface area contributed by atoms with Crippen LogP contribution in [0.5, 0.6) is 0 Å². The molecule has 0 fully saturated rings. The van der Waals surface area contributed by atoms with Gasteiger partial charge in [0.05, 0.1) is 0 Å². The zero-order chi connectivity index (χ0) is 15.6. The molecule has 21 heavy (non-hydrogen) atoms. The molecule has 6 heteroatoms. The minimum atomic E-state index is -0.206. The van der Waals surface area contributed by atoms with E-state index in [2.05, 4.69) is 0 Å². The molecule has 3 nitrogen and oxygen atoms in total. The fourth-order valence-corrected chi connectivity index (χ4v) is 2.50. The van der Waals surface area contributed by atoms with Gasteiger partial charge in [-0.25, -0.2) is 0 Å². The lowest BCUT2D eigenvalue weighted by atomic mass is 10.1. The van der Waals surface area contributed by atoms with E-state index in [1.54, 1.807) is 49.5 Å². The molecule has 0 unspecified atom stereocenters. The maximum absolute atomic E-state index is 12.4. The molecule has 0 aliphatic heterocycles. The minimum Gasteiger partial charge on any atom is -0.389 e. The first-order valence-corrected chi connectivity index (χ1v) is 7.19. The number of hydrogen-bond donors (Lipinski definition) is 1. The van der Waals surface area contributed by atoms with Crippen LogP contribution in [-0.2, 0) is 0 Å². The van der Waals surface area contributed by atoms with Crippen LogP contribution in [0.15, 0.2) is 42.5 Å². The molecular formula is C15H12Cl2N2OS. The van der Waals surface area contributed by atoms with E-state index in [1.807, 2.05) is 0 Å². The van der Waals surface area contributed by atoms with E-state index in [4.69, 9.17) is 41.2 Å². The number of carbonyl (C=O) groups is 1. The molecule has 0 aromatic heterocycles. The summed E-state index contributed by atoms with van der Waals surface area (Å²) in [5, 5.41) is 0.839. The summed E-state index contributed by atoms with van der Waals surface area (Å²) in [5.41, 5.74) is 7.44. The van der Waals surface area contributed by atoms with Gasteiger partial charge in [-0.1, -0.05) is 35.4 Å². The molecule has 2 aromatic rings. The third-order valence-corrected chi connectivity index (χ3v) is 3.63. The molecule has 0 bridgehead atoms. The normalized spacial score (nSPS) is 10.2. The first-order chi connectivity index (χ1) is 9.88. The predicted molar refractivity (Wildman–Crippen MR) is 91.5 cm³/mol. The number of thiocarbonyl (C=S) groups is 1. The van der Waals surface area contributed by atoms with Crippen molar-refractivity contribution in [3.05, 3.63) is 63.6 Å². The summed E-state index contributed by atoms with van der Waals surface area (Å²) in [4.78, 5) is 14.2. The van der Waals surface area contributed by atoms with Gasteiger partial charge >= 0.3 is 0 Å². The smallest absolute Gasteiger partial charge is 0.258 e. The minimum absolute atomic E-state index is 0.206. The summed E-state index contributed by atoms with van der Waals surface area (Å²) in [6.45, 7) is 0. The Morgan fingerprint density at radius 1 is 1.05 bits per heavy atom. The molecule has 0 heterocycles. The summed E-state index contributed by atoms with van der Waals surface area (Å²) < 4.78 is 0. The summed E-state index contributed by atoms with van der Waals surface area (Å²) in [6, 6.07) is 11.8. The van der Waals surface area contributed by atoms with Crippen molar-refractivity contribution in [2.75, 3.05) is 11.9 Å². The number of benzene rings is 2. The Labute approximate surface area is 138 Å². The second-order valence-electron chi connectivity index (χ2n) is 4.43. The van der Waals surface area contributed by atoms with Crippen molar-refractivity contribution in [1.29, 1.82) is 0 Å². The molecule has 2 rings (SSSR count). The van der Waals surface area contributed by atoms with Gasteiger partial charge in [-0.3, -0.25) is 4.79 Å². The molecule has 0 atom stereocenters. The number of hydrogen-bond acceptors (Lipinski definition) is 2. The summed E-state index contributed by atoms with van der Waals surface area (Å²) in [6.07, 6.45) is 0. The Morgan fingerprint density at radius 2 is 1.57 bits per heavy atom. The van der Waals surface area contributed by atoms with Crippen LogP contribution in [0.2, 0.25) is 10.0 Å². The number of nitrogens with two attached hydrogens (primary N) is 1. The van der Waals surface area contributed by atoms with Crippen molar-refractivity contribution in [1.82, 2.24) is 0 Å². The quantitative estimate of drug-likeness (QED) is 0.863. The standard InChI is InChI=1S/C15H12Cl2N2OS/c1-19(13-4-2-9(3-5-13)14(18)21)15(20)10-6-11(16)8-12(17)7-10/h2-8H,1H3,(H2,18,21). The molecular weight excluding hydrogens is 327 g/mol. The number of amides is 1. The topological polar surface area (TPSA) is 46.3 Å². The average Bonchev–Trinajstić information content (AvgIpc) is 2.44. The second-order valence-corrected chi connectivity index (χ2v) is 5.75. The lowest BCUT2D eigenvalue weighted by Crippen LogP contribution is -2.26. The van der Waals surface area contributed by atoms with Gasteiger partial charge in [0.2, 0.25) is 0 Å². The monoisotopic (exact) mass is 338 g/mol. The van der Waals surface area contributed by atoms with E-state index < -0.39 is 0 Å². The van der Waals surface area contributed by atoms with Crippen LogP contribution < -0.4 is 10.6 Å². The first-order valence-electron chi connectivity index (χ1n) is 6.02. The maximum atomic E-state index is 12.4. The number of halogens is 2. The average molecular weight is 339 g/mol. The number of rotatable bonds is 3. The Balaban J connectivity index is 2.28. The fourth-order valence-electron chi connectivity index (χ4n) is 1.84. The molecule has 0 saturated carbocycles. The van der Waals surface area contributed by atoms with Crippen LogP contribution in [-0.4, -0.2) is 17.9 Å². The fraction of sp³-hybridized carbons (Fsp3) is 0.0667. The highest BCUT2D eigenvalue weighted by molar-refractivity contribution is 7.80. The second kappa shape index (κ2) is 6.43. The van der Waals surface area contributed by atoms with E-state index in [0.29, 0.717) is 20.6 Å².